The predicted molar refractivity (Wildman–Crippen MR) is 53.5 cm³/mol. The van der Waals surface area contributed by atoms with E-state index < -0.39 is 0 Å². The van der Waals surface area contributed by atoms with Crippen molar-refractivity contribution >= 4 is 5.71 Å². The molecule has 0 amide bonds. The zero-order valence-electron chi connectivity index (χ0n) is 8.06. The number of nitrogens with zero attached hydrogens (tertiary/aromatic N) is 2. The topological polar surface area (TPSA) is 54.6 Å². The summed E-state index contributed by atoms with van der Waals surface area (Å²) in [4.78, 5) is 4.84. The van der Waals surface area contributed by atoms with Crippen LogP contribution in [0.3, 0.4) is 0 Å². The molecule has 4 nitrogen and oxygen atoms in total. The summed E-state index contributed by atoms with van der Waals surface area (Å²) in [6, 6.07) is 10.2. The van der Waals surface area contributed by atoms with Gasteiger partial charge in [-0.3, -0.25) is 0 Å². The molecule has 4 heteroatoms. The highest BCUT2D eigenvalue weighted by atomic mass is 16.6. The molecular weight excluding hydrogens is 192 g/mol. The maximum Gasteiger partial charge on any atom is 0.202 e. The van der Waals surface area contributed by atoms with Gasteiger partial charge in [0.1, 0.15) is 11.8 Å². The lowest BCUT2D eigenvalue weighted by molar-refractivity contribution is 0.176. The van der Waals surface area contributed by atoms with Crippen LogP contribution in [0.2, 0.25) is 0 Å². The van der Waals surface area contributed by atoms with Gasteiger partial charge in [-0.05, 0) is 18.2 Å². The van der Waals surface area contributed by atoms with Gasteiger partial charge in [0.15, 0.2) is 0 Å². The van der Waals surface area contributed by atoms with E-state index in [4.69, 9.17) is 14.8 Å². The van der Waals surface area contributed by atoms with Crippen LogP contribution in [0.25, 0.3) is 0 Å². The summed E-state index contributed by atoms with van der Waals surface area (Å²) in [5.74, 6) is 0.767. The highest BCUT2D eigenvalue weighted by molar-refractivity contribution is 6.03. The minimum Gasteiger partial charge on any atom is -0.492 e. The third-order valence-corrected chi connectivity index (χ3v) is 2.04. The number of hydrogen-bond donors (Lipinski definition) is 0. The minimum absolute atomic E-state index is 0.0291. The molecular formula is C11H9N2O2. The van der Waals surface area contributed by atoms with Gasteiger partial charge in [-0.1, -0.05) is 11.2 Å². The zero-order valence-corrected chi connectivity index (χ0v) is 8.06. The quantitative estimate of drug-likeness (QED) is 0.538. The molecule has 75 valence electrons. The molecule has 0 spiro atoms. The average Bonchev–Trinajstić information content (AvgIpc) is 2.30. The van der Waals surface area contributed by atoms with E-state index >= 15 is 0 Å². The lowest BCUT2D eigenvalue weighted by atomic mass is 10.0. The Bertz CT molecular complexity index is 421. The third-order valence-electron chi connectivity index (χ3n) is 2.04. The molecule has 0 saturated carbocycles. The SMILES string of the molecule is N#CCON=C1CCOc2c[c]ccc21. The first-order valence-electron chi connectivity index (χ1n) is 4.61. The maximum atomic E-state index is 8.32. The Morgan fingerprint density at radius 2 is 2.60 bits per heavy atom. The Kier molecular flexibility index (Phi) is 2.84. The zero-order chi connectivity index (χ0) is 10.5. The second-order valence-corrected chi connectivity index (χ2v) is 2.99. The highest BCUT2D eigenvalue weighted by Gasteiger charge is 2.16. The van der Waals surface area contributed by atoms with Crippen LogP contribution >= 0.6 is 0 Å². The number of hydrogen-bond acceptors (Lipinski definition) is 4. The number of rotatable bonds is 2. The molecule has 1 aliphatic heterocycles. The third kappa shape index (κ3) is 2.08. The Morgan fingerprint density at radius 1 is 1.67 bits per heavy atom. The first kappa shape index (κ1) is 9.53. The number of fused-ring (bicyclic) bond motifs is 1. The average molecular weight is 201 g/mol. The Hall–Kier alpha value is -2.02. The molecule has 0 atom stereocenters. The molecule has 0 bridgehead atoms. The van der Waals surface area contributed by atoms with Crippen LogP contribution in [0.15, 0.2) is 23.4 Å². The minimum atomic E-state index is -0.0291. The Balaban J connectivity index is 2.22. The molecule has 2 rings (SSSR count). The molecule has 0 N–H and O–H groups in total. The van der Waals surface area contributed by atoms with Crippen LogP contribution in [0.5, 0.6) is 5.75 Å². The monoisotopic (exact) mass is 201 g/mol. The van der Waals surface area contributed by atoms with Gasteiger partial charge >= 0.3 is 0 Å². The van der Waals surface area contributed by atoms with Crippen LogP contribution < -0.4 is 4.74 Å². The van der Waals surface area contributed by atoms with Gasteiger partial charge in [0.25, 0.3) is 0 Å². The second-order valence-electron chi connectivity index (χ2n) is 2.99. The molecule has 1 heterocycles. The van der Waals surface area contributed by atoms with Crippen molar-refractivity contribution in [3.8, 4) is 11.8 Å². The van der Waals surface area contributed by atoms with Gasteiger partial charge in [0.05, 0.1) is 12.3 Å². The predicted octanol–water partition coefficient (Wildman–Crippen LogP) is 1.51. The molecule has 0 aliphatic carbocycles. The summed E-state index contributed by atoms with van der Waals surface area (Å²) in [5.41, 5.74) is 1.73. The van der Waals surface area contributed by atoms with Gasteiger partial charge in [0, 0.05) is 12.0 Å². The lowest BCUT2D eigenvalue weighted by Crippen LogP contribution is -2.16. The van der Waals surface area contributed by atoms with Gasteiger partial charge in [-0.15, -0.1) is 0 Å². The van der Waals surface area contributed by atoms with E-state index in [1.165, 1.54) is 0 Å². The Labute approximate surface area is 87.7 Å². The van der Waals surface area contributed by atoms with Crippen molar-refractivity contribution < 1.29 is 9.57 Å². The molecule has 0 saturated heterocycles. The summed E-state index contributed by atoms with van der Waals surface area (Å²) in [7, 11) is 0. The van der Waals surface area contributed by atoms with Crippen molar-refractivity contribution in [3.05, 3.63) is 29.8 Å². The molecule has 1 aliphatic rings. The van der Waals surface area contributed by atoms with E-state index in [-0.39, 0.29) is 6.61 Å². The summed E-state index contributed by atoms with van der Waals surface area (Å²) in [6.45, 7) is 0.554. The number of oxime groups is 1. The smallest absolute Gasteiger partial charge is 0.202 e. The molecule has 1 aromatic rings. The van der Waals surface area contributed by atoms with Crippen LogP contribution in [-0.2, 0) is 4.84 Å². The maximum absolute atomic E-state index is 8.32. The van der Waals surface area contributed by atoms with E-state index in [1.807, 2.05) is 12.1 Å². The van der Waals surface area contributed by atoms with Gasteiger partial charge in [-0.25, -0.2) is 0 Å². The fourth-order valence-corrected chi connectivity index (χ4v) is 1.40. The van der Waals surface area contributed by atoms with Crippen LogP contribution in [-0.4, -0.2) is 18.9 Å². The van der Waals surface area contributed by atoms with Gasteiger partial charge in [-0.2, -0.15) is 5.26 Å². The van der Waals surface area contributed by atoms with Crippen molar-refractivity contribution in [3.63, 3.8) is 0 Å². The molecule has 0 unspecified atom stereocenters. The first-order valence-corrected chi connectivity index (χ1v) is 4.61. The lowest BCUT2D eigenvalue weighted by Gasteiger charge is -2.17. The summed E-state index contributed by atoms with van der Waals surface area (Å²) >= 11 is 0. The summed E-state index contributed by atoms with van der Waals surface area (Å²) < 4.78 is 5.43. The summed E-state index contributed by atoms with van der Waals surface area (Å²) in [5, 5.41) is 12.2. The van der Waals surface area contributed by atoms with E-state index in [9.17, 15) is 0 Å². The molecule has 1 radical (unpaired) electrons. The number of benzene rings is 1. The van der Waals surface area contributed by atoms with Crippen molar-refractivity contribution in [1.82, 2.24) is 0 Å². The van der Waals surface area contributed by atoms with Crippen molar-refractivity contribution in [2.24, 2.45) is 5.16 Å². The van der Waals surface area contributed by atoms with Crippen LogP contribution in [0.4, 0.5) is 0 Å². The van der Waals surface area contributed by atoms with E-state index in [1.54, 1.807) is 12.1 Å². The molecule has 1 aromatic carbocycles. The van der Waals surface area contributed by atoms with E-state index in [0.29, 0.717) is 13.0 Å². The van der Waals surface area contributed by atoms with Crippen molar-refractivity contribution in [2.75, 3.05) is 13.2 Å². The number of nitriles is 1. The Morgan fingerprint density at radius 3 is 3.47 bits per heavy atom. The molecule has 0 fully saturated rings. The highest BCUT2D eigenvalue weighted by Crippen LogP contribution is 2.24. The second kappa shape index (κ2) is 4.47. The van der Waals surface area contributed by atoms with Gasteiger partial charge in [0.2, 0.25) is 6.61 Å². The van der Waals surface area contributed by atoms with E-state index in [0.717, 1.165) is 17.0 Å². The van der Waals surface area contributed by atoms with Crippen LogP contribution in [0, 0.1) is 17.4 Å². The van der Waals surface area contributed by atoms with Crippen molar-refractivity contribution in [1.29, 1.82) is 5.26 Å². The fraction of sp³-hybridized carbons (Fsp3) is 0.273. The summed E-state index contributed by atoms with van der Waals surface area (Å²) in [6.07, 6.45) is 0.697. The van der Waals surface area contributed by atoms with Crippen molar-refractivity contribution in [2.45, 2.75) is 6.42 Å². The standard InChI is InChI=1S/C11H9N2O2/c12-6-8-15-13-10-5-7-14-11-4-2-1-3-9(10)11/h1,3-4H,5,7-8H2. The molecule has 15 heavy (non-hydrogen) atoms. The van der Waals surface area contributed by atoms with Gasteiger partial charge < -0.3 is 9.57 Å². The molecule has 0 aromatic heterocycles. The number of ether oxygens (including phenoxy) is 1. The van der Waals surface area contributed by atoms with E-state index in [2.05, 4.69) is 11.2 Å². The normalized spacial score (nSPS) is 16.3. The van der Waals surface area contributed by atoms with Crippen LogP contribution in [0.1, 0.15) is 12.0 Å². The fourth-order valence-electron chi connectivity index (χ4n) is 1.40. The first-order chi connectivity index (χ1) is 7.42. The largest absolute Gasteiger partial charge is 0.492 e.